The Morgan fingerprint density at radius 2 is 1.96 bits per heavy atom. The third kappa shape index (κ3) is 3.01. The van der Waals surface area contributed by atoms with Gasteiger partial charge >= 0.3 is 0 Å². The third-order valence-electron chi connectivity index (χ3n) is 4.20. The minimum Gasteiger partial charge on any atom is -0.367 e. The second kappa shape index (κ2) is 6.45. The Labute approximate surface area is 144 Å². The molecule has 1 aromatic carbocycles. The van der Waals surface area contributed by atoms with Gasteiger partial charge in [-0.25, -0.2) is 9.97 Å². The summed E-state index contributed by atoms with van der Waals surface area (Å²) < 4.78 is 5.45. The summed E-state index contributed by atoms with van der Waals surface area (Å²) in [6.45, 7) is 1.45. The quantitative estimate of drug-likeness (QED) is 0.777. The number of ether oxygens (including phenoxy) is 1. The van der Waals surface area contributed by atoms with Crippen molar-refractivity contribution >= 4 is 22.6 Å². The molecule has 0 bridgehead atoms. The maximum atomic E-state index is 11.5. The molecule has 126 valence electrons. The Kier molecular flexibility index (Phi) is 3.99. The summed E-state index contributed by atoms with van der Waals surface area (Å²) in [5.74, 6) is 0.947. The Morgan fingerprint density at radius 3 is 2.76 bits per heavy atom. The van der Waals surface area contributed by atoms with Crippen molar-refractivity contribution in [2.75, 3.05) is 24.6 Å². The average Bonchev–Trinajstić information content (AvgIpc) is 2.68. The number of fused-ring (bicyclic) bond motifs is 1. The molecule has 0 saturated carbocycles. The largest absolute Gasteiger partial charge is 0.367 e. The zero-order valence-corrected chi connectivity index (χ0v) is 13.5. The molecule has 2 aromatic heterocycles. The van der Waals surface area contributed by atoms with Crippen molar-refractivity contribution in [2.24, 2.45) is 5.73 Å². The van der Waals surface area contributed by atoms with Gasteiger partial charge in [-0.05, 0) is 24.3 Å². The fraction of sp³-hybridized carbons (Fsp3) is 0.222. The maximum absolute atomic E-state index is 11.5. The van der Waals surface area contributed by atoms with E-state index in [1.807, 2.05) is 41.3 Å². The number of benzene rings is 1. The number of aromatic nitrogens is 3. The van der Waals surface area contributed by atoms with E-state index in [4.69, 9.17) is 15.5 Å². The van der Waals surface area contributed by atoms with Gasteiger partial charge < -0.3 is 15.4 Å². The standard InChI is InChI=1S/C18H17N5O2/c19-16(24)15-11-23(9-10-25-15)18-13-3-1-2-4-14(13)21-17(22-18)12-5-7-20-8-6-12/h1-8,15H,9-11H2,(H2,19,24). The molecule has 1 aliphatic rings. The number of rotatable bonds is 3. The van der Waals surface area contributed by atoms with Gasteiger partial charge in [0.2, 0.25) is 5.91 Å². The number of nitrogens with two attached hydrogens (primary N) is 1. The van der Waals surface area contributed by atoms with Gasteiger partial charge in [-0.3, -0.25) is 9.78 Å². The molecule has 1 aliphatic heterocycles. The minimum absolute atomic E-state index is 0.381. The van der Waals surface area contributed by atoms with Crippen LogP contribution in [0, 0.1) is 0 Å². The van der Waals surface area contributed by atoms with Crippen LogP contribution in [0.5, 0.6) is 0 Å². The van der Waals surface area contributed by atoms with Crippen molar-refractivity contribution in [3.8, 4) is 11.4 Å². The van der Waals surface area contributed by atoms with Crippen LogP contribution in [-0.2, 0) is 9.53 Å². The molecule has 1 fully saturated rings. The van der Waals surface area contributed by atoms with E-state index < -0.39 is 12.0 Å². The molecule has 1 amide bonds. The summed E-state index contributed by atoms with van der Waals surface area (Å²) in [6.07, 6.45) is 2.79. The number of morpholine rings is 1. The van der Waals surface area contributed by atoms with E-state index in [0.29, 0.717) is 25.5 Å². The van der Waals surface area contributed by atoms with Gasteiger partial charge in [0.1, 0.15) is 5.82 Å². The lowest BCUT2D eigenvalue weighted by molar-refractivity contribution is -0.130. The lowest BCUT2D eigenvalue weighted by Gasteiger charge is -2.33. The zero-order chi connectivity index (χ0) is 17.2. The number of pyridine rings is 1. The minimum atomic E-state index is -0.633. The molecule has 0 radical (unpaired) electrons. The molecule has 2 N–H and O–H groups in total. The van der Waals surface area contributed by atoms with Crippen molar-refractivity contribution in [3.05, 3.63) is 48.8 Å². The van der Waals surface area contributed by atoms with E-state index in [0.717, 1.165) is 22.3 Å². The van der Waals surface area contributed by atoms with E-state index in [-0.39, 0.29) is 0 Å². The highest BCUT2D eigenvalue weighted by Gasteiger charge is 2.27. The molecule has 1 unspecified atom stereocenters. The highest BCUT2D eigenvalue weighted by atomic mass is 16.5. The van der Waals surface area contributed by atoms with Crippen LogP contribution in [0.4, 0.5) is 5.82 Å². The lowest BCUT2D eigenvalue weighted by atomic mass is 10.1. The summed E-state index contributed by atoms with van der Waals surface area (Å²) in [5.41, 5.74) is 7.15. The first-order valence-corrected chi connectivity index (χ1v) is 8.05. The van der Waals surface area contributed by atoms with Gasteiger partial charge in [0.25, 0.3) is 0 Å². The number of primary amides is 1. The molecular formula is C18H17N5O2. The summed E-state index contributed by atoms with van der Waals surface area (Å²) in [6, 6.07) is 11.6. The van der Waals surface area contributed by atoms with Gasteiger partial charge in [-0.2, -0.15) is 0 Å². The summed E-state index contributed by atoms with van der Waals surface area (Å²) in [7, 11) is 0. The molecule has 7 heteroatoms. The summed E-state index contributed by atoms with van der Waals surface area (Å²) in [4.78, 5) is 27.0. The first-order valence-electron chi connectivity index (χ1n) is 8.05. The van der Waals surface area contributed by atoms with Gasteiger partial charge in [0.05, 0.1) is 18.7 Å². The van der Waals surface area contributed by atoms with Crippen LogP contribution >= 0.6 is 0 Å². The van der Waals surface area contributed by atoms with Gasteiger partial charge in [-0.15, -0.1) is 0 Å². The number of hydrogen-bond acceptors (Lipinski definition) is 6. The number of hydrogen-bond donors (Lipinski definition) is 1. The second-order valence-corrected chi connectivity index (χ2v) is 5.83. The lowest BCUT2D eigenvalue weighted by Crippen LogP contribution is -2.48. The smallest absolute Gasteiger partial charge is 0.248 e. The van der Waals surface area contributed by atoms with Crippen LogP contribution in [-0.4, -0.2) is 46.7 Å². The van der Waals surface area contributed by atoms with Gasteiger partial charge in [0, 0.05) is 29.9 Å². The van der Waals surface area contributed by atoms with Crippen molar-refractivity contribution in [2.45, 2.75) is 6.10 Å². The second-order valence-electron chi connectivity index (χ2n) is 5.83. The molecule has 0 spiro atoms. The molecule has 1 atom stereocenters. The van der Waals surface area contributed by atoms with E-state index in [1.165, 1.54) is 0 Å². The predicted octanol–water partition coefficient (Wildman–Crippen LogP) is 1.38. The highest BCUT2D eigenvalue weighted by molar-refractivity contribution is 5.91. The van der Waals surface area contributed by atoms with E-state index >= 15 is 0 Å². The molecular weight excluding hydrogens is 318 g/mol. The molecule has 4 rings (SSSR count). The van der Waals surface area contributed by atoms with E-state index in [1.54, 1.807) is 12.4 Å². The van der Waals surface area contributed by atoms with Crippen molar-refractivity contribution in [1.29, 1.82) is 0 Å². The number of carbonyl (C=O) groups excluding carboxylic acids is 1. The Balaban J connectivity index is 1.83. The SMILES string of the molecule is NC(=O)C1CN(c2nc(-c3ccncc3)nc3ccccc23)CCO1. The summed E-state index contributed by atoms with van der Waals surface area (Å²) in [5, 5.41) is 0.936. The Morgan fingerprint density at radius 1 is 1.16 bits per heavy atom. The van der Waals surface area contributed by atoms with Crippen LogP contribution < -0.4 is 10.6 Å². The van der Waals surface area contributed by atoms with Crippen molar-refractivity contribution in [1.82, 2.24) is 15.0 Å². The zero-order valence-electron chi connectivity index (χ0n) is 13.5. The molecule has 7 nitrogen and oxygen atoms in total. The molecule has 0 aliphatic carbocycles. The van der Waals surface area contributed by atoms with Crippen LogP contribution in [0.2, 0.25) is 0 Å². The number of anilines is 1. The monoisotopic (exact) mass is 335 g/mol. The van der Waals surface area contributed by atoms with Crippen molar-refractivity contribution < 1.29 is 9.53 Å². The fourth-order valence-corrected chi connectivity index (χ4v) is 2.94. The Hall–Kier alpha value is -3.06. The first kappa shape index (κ1) is 15.5. The number of amides is 1. The molecule has 3 aromatic rings. The normalized spacial score (nSPS) is 17.6. The molecule has 3 heterocycles. The summed E-state index contributed by atoms with van der Waals surface area (Å²) >= 11 is 0. The van der Waals surface area contributed by atoms with E-state index in [9.17, 15) is 4.79 Å². The average molecular weight is 335 g/mol. The van der Waals surface area contributed by atoms with E-state index in [2.05, 4.69) is 9.97 Å². The number of carbonyl (C=O) groups is 1. The van der Waals surface area contributed by atoms with Gasteiger partial charge in [-0.1, -0.05) is 12.1 Å². The molecule has 1 saturated heterocycles. The number of nitrogens with zero attached hydrogens (tertiary/aromatic N) is 4. The van der Waals surface area contributed by atoms with Crippen LogP contribution in [0.3, 0.4) is 0 Å². The van der Waals surface area contributed by atoms with Crippen LogP contribution in [0.1, 0.15) is 0 Å². The third-order valence-corrected chi connectivity index (χ3v) is 4.20. The topological polar surface area (TPSA) is 94.2 Å². The van der Waals surface area contributed by atoms with Crippen LogP contribution in [0.15, 0.2) is 48.8 Å². The van der Waals surface area contributed by atoms with Crippen molar-refractivity contribution in [3.63, 3.8) is 0 Å². The predicted molar refractivity (Wildman–Crippen MR) is 93.9 cm³/mol. The Bertz CT molecular complexity index is 916. The highest BCUT2D eigenvalue weighted by Crippen LogP contribution is 2.28. The molecule has 25 heavy (non-hydrogen) atoms. The fourth-order valence-electron chi connectivity index (χ4n) is 2.94. The van der Waals surface area contributed by atoms with Gasteiger partial charge in [0.15, 0.2) is 11.9 Å². The van der Waals surface area contributed by atoms with Crippen LogP contribution in [0.25, 0.3) is 22.3 Å². The maximum Gasteiger partial charge on any atom is 0.248 e. The first-order chi connectivity index (χ1) is 12.2. The number of para-hydroxylation sites is 1.